The largest absolute Gasteiger partial charge is 0.370 e. The molecule has 1 saturated heterocycles. The minimum absolute atomic E-state index is 0.226. The number of hydrogen-bond acceptors (Lipinski definition) is 3. The third kappa shape index (κ3) is 2.51. The molecule has 2 N–H and O–H groups in total. The first-order chi connectivity index (χ1) is 7.31. The molecule has 0 aromatic heterocycles. The van der Waals surface area contributed by atoms with E-state index in [9.17, 15) is 0 Å². The van der Waals surface area contributed by atoms with E-state index in [0.717, 1.165) is 30.4 Å². The molecule has 0 saturated carbocycles. The van der Waals surface area contributed by atoms with Gasteiger partial charge in [0, 0.05) is 17.6 Å². The van der Waals surface area contributed by atoms with Crippen molar-refractivity contribution < 1.29 is 4.84 Å². The number of piperidine rings is 1. The van der Waals surface area contributed by atoms with Gasteiger partial charge in [-0.1, -0.05) is 12.1 Å². The molecular weight excluding hydrogens is 256 g/mol. The highest BCUT2D eigenvalue weighted by Gasteiger charge is 2.20. The summed E-state index contributed by atoms with van der Waals surface area (Å²) >= 11 is 3.57. The van der Waals surface area contributed by atoms with Crippen LogP contribution in [0.15, 0.2) is 28.7 Å². The number of anilines is 1. The maximum Gasteiger partial charge on any atom is 0.0821 e. The first-order valence-corrected chi connectivity index (χ1v) is 5.95. The first kappa shape index (κ1) is 10.9. The standard InChI is InChI=1S/C11H15BrN2O/c12-10-3-1-2-4-11(10)14-7-5-9(15-13)6-8-14/h1-4,9H,5-8,13H2. The fraction of sp³-hybridized carbons (Fsp3) is 0.455. The molecule has 0 atom stereocenters. The summed E-state index contributed by atoms with van der Waals surface area (Å²) in [6.45, 7) is 2.01. The maximum atomic E-state index is 5.19. The van der Waals surface area contributed by atoms with E-state index in [0.29, 0.717) is 0 Å². The van der Waals surface area contributed by atoms with E-state index in [1.54, 1.807) is 0 Å². The lowest BCUT2D eigenvalue weighted by molar-refractivity contribution is 0.0367. The monoisotopic (exact) mass is 270 g/mol. The minimum atomic E-state index is 0.226. The Morgan fingerprint density at radius 1 is 1.27 bits per heavy atom. The zero-order valence-corrected chi connectivity index (χ0v) is 10.1. The van der Waals surface area contributed by atoms with Crippen molar-refractivity contribution in [2.75, 3.05) is 18.0 Å². The molecule has 2 rings (SSSR count). The third-order valence-corrected chi connectivity index (χ3v) is 3.50. The van der Waals surface area contributed by atoms with Gasteiger partial charge >= 0.3 is 0 Å². The lowest BCUT2D eigenvalue weighted by Crippen LogP contribution is -2.38. The van der Waals surface area contributed by atoms with E-state index < -0.39 is 0 Å². The van der Waals surface area contributed by atoms with Gasteiger partial charge in [-0.25, -0.2) is 5.90 Å². The Balaban J connectivity index is 2.04. The van der Waals surface area contributed by atoms with Crippen molar-refractivity contribution in [1.82, 2.24) is 0 Å². The summed E-state index contributed by atoms with van der Waals surface area (Å²) in [5.41, 5.74) is 1.26. The Kier molecular flexibility index (Phi) is 3.61. The van der Waals surface area contributed by atoms with Crippen LogP contribution in [0.3, 0.4) is 0 Å². The quantitative estimate of drug-likeness (QED) is 0.839. The van der Waals surface area contributed by atoms with Crippen LogP contribution in [0.1, 0.15) is 12.8 Å². The van der Waals surface area contributed by atoms with Crippen LogP contribution < -0.4 is 10.8 Å². The SMILES string of the molecule is NOC1CCN(c2ccccc2Br)CC1. The van der Waals surface area contributed by atoms with Gasteiger partial charge in [0.25, 0.3) is 0 Å². The van der Waals surface area contributed by atoms with Crippen LogP contribution in [0.4, 0.5) is 5.69 Å². The molecule has 82 valence electrons. The Hall–Kier alpha value is -0.580. The summed E-state index contributed by atoms with van der Waals surface area (Å²) < 4.78 is 1.15. The van der Waals surface area contributed by atoms with Crippen molar-refractivity contribution in [2.45, 2.75) is 18.9 Å². The number of nitrogens with two attached hydrogens (primary N) is 1. The molecular formula is C11H15BrN2O. The topological polar surface area (TPSA) is 38.5 Å². The molecule has 0 bridgehead atoms. The molecule has 1 heterocycles. The Morgan fingerprint density at radius 2 is 1.93 bits per heavy atom. The predicted octanol–water partition coefficient (Wildman–Crippen LogP) is 2.31. The van der Waals surface area contributed by atoms with Gasteiger partial charge in [-0.2, -0.15) is 0 Å². The zero-order chi connectivity index (χ0) is 10.7. The molecule has 1 fully saturated rings. The number of nitrogens with zero attached hydrogens (tertiary/aromatic N) is 1. The highest BCUT2D eigenvalue weighted by molar-refractivity contribution is 9.10. The van der Waals surface area contributed by atoms with E-state index in [1.807, 2.05) is 6.07 Å². The molecule has 0 spiro atoms. The van der Waals surface area contributed by atoms with Gasteiger partial charge in [0.2, 0.25) is 0 Å². The molecule has 3 nitrogen and oxygen atoms in total. The molecule has 1 aliphatic rings. The summed E-state index contributed by atoms with van der Waals surface area (Å²) in [5, 5.41) is 0. The molecule has 1 aromatic rings. The lowest BCUT2D eigenvalue weighted by atomic mass is 10.1. The summed E-state index contributed by atoms with van der Waals surface area (Å²) in [6.07, 6.45) is 2.22. The highest BCUT2D eigenvalue weighted by atomic mass is 79.9. The van der Waals surface area contributed by atoms with E-state index in [-0.39, 0.29) is 6.10 Å². The van der Waals surface area contributed by atoms with Crippen molar-refractivity contribution >= 4 is 21.6 Å². The smallest absolute Gasteiger partial charge is 0.0821 e. The molecule has 0 unspecified atom stereocenters. The molecule has 15 heavy (non-hydrogen) atoms. The van der Waals surface area contributed by atoms with Gasteiger partial charge in [0.05, 0.1) is 11.8 Å². The molecule has 1 aliphatic heterocycles. The fourth-order valence-corrected chi connectivity index (χ4v) is 2.48. The van der Waals surface area contributed by atoms with E-state index in [4.69, 9.17) is 10.7 Å². The van der Waals surface area contributed by atoms with Crippen LogP contribution in [0.5, 0.6) is 0 Å². The number of rotatable bonds is 2. The summed E-state index contributed by atoms with van der Waals surface area (Å²) in [6, 6.07) is 8.30. The second-order valence-electron chi connectivity index (χ2n) is 3.77. The van der Waals surface area contributed by atoms with Gasteiger partial charge in [0.1, 0.15) is 0 Å². The summed E-state index contributed by atoms with van der Waals surface area (Å²) in [7, 11) is 0. The first-order valence-electron chi connectivity index (χ1n) is 5.16. The van der Waals surface area contributed by atoms with E-state index >= 15 is 0 Å². The average Bonchev–Trinajstić information content (AvgIpc) is 2.30. The highest BCUT2D eigenvalue weighted by Crippen LogP contribution is 2.28. The van der Waals surface area contributed by atoms with Crippen molar-refractivity contribution in [1.29, 1.82) is 0 Å². The Morgan fingerprint density at radius 3 is 2.53 bits per heavy atom. The van der Waals surface area contributed by atoms with Gasteiger partial charge in [-0.3, -0.25) is 0 Å². The molecule has 1 aromatic carbocycles. The van der Waals surface area contributed by atoms with Crippen LogP contribution >= 0.6 is 15.9 Å². The maximum absolute atomic E-state index is 5.19. The second-order valence-corrected chi connectivity index (χ2v) is 4.63. The van der Waals surface area contributed by atoms with Crippen molar-refractivity contribution in [3.63, 3.8) is 0 Å². The fourth-order valence-electron chi connectivity index (χ4n) is 1.94. The van der Waals surface area contributed by atoms with E-state index in [2.05, 4.69) is 39.0 Å². The summed E-state index contributed by atoms with van der Waals surface area (Å²) in [4.78, 5) is 7.23. The van der Waals surface area contributed by atoms with Crippen LogP contribution in [-0.4, -0.2) is 19.2 Å². The van der Waals surface area contributed by atoms with Crippen molar-refractivity contribution in [3.05, 3.63) is 28.7 Å². The van der Waals surface area contributed by atoms with Gasteiger partial charge < -0.3 is 9.74 Å². The number of benzene rings is 1. The molecule has 4 heteroatoms. The lowest BCUT2D eigenvalue weighted by Gasteiger charge is -2.33. The molecule has 0 aliphatic carbocycles. The number of halogens is 1. The van der Waals surface area contributed by atoms with E-state index in [1.165, 1.54) is 5.69 Å². The van der Waals surface area contributed by atoms with Crippen LogP contribution in [0.2, 0.25) is 0 Å². The van der Waals surface area contributed by atoms with Crippen LogP contribution in [0.25, 0.3) is 0 Å². The normalized spacial score (nSPS) is 18.1. The minimum Gasteiger partial charge on any atom is -0.370 e. The number of hydrogen-bond donors (Lipinski definition) is 1. The third-order valence-electron chi connectivity index (χ3n) is 2.83. The van der Waals surface area contributed by atoms with Crippen LogP contribution in [-0.2, 0) is 4.84 Å². The Labute approximate surface area is 98.3 Å². The number of para-hydroxylation sites is 1. The van der Waals surface area contributed by atoms with Crippen molar-refractivity contribution in [3.8, 4) is 0 Å². The van der Waals surface area contributed by atoms with Crippen LogP contribution in [0, 0.1) is 0 Å². The Bertz CT molecular complexity index is 324. The van der Waals surface area contributed by atoms with Gasteiger partial charge in [-0.15, -0.1) is 0 Å². The van der Waals surface area contributed by atoms with Gasteiger partial charge in [0.15, 0.2) is 0 Å². The molecule has 0 radical (unpaired) electrons. The van der Waals surface area contributed by atoms with Crippen molar-refractivity contribution in [2.24, 2.45) is 5.90 Å². The predicted molar refractivity (Wildman–Crippen MR) is 64.6 cm³/mol. The van der Waals surface area contributed by atoms with Gasteiger partial charge in [-0.05, 0) is 40.9 Å². The molecule has 0 amide bonds. The zero-order valence-electron chi connectivity index (χ0n) is 8.53. The average molecular weight is 271 g/mol. The second kappa shape index (κ2) is 4.96. The summed E-state index contributed by atoms with van der Waals surface area (Å²) in [5.74, 6) is 5.19.